The number of aliphatic hydroxyl groups is 2. The predicted molar refractivity (Wildman–Crippen MR) is 345 cm³/mol. The molecule has 516 valence electrons. The molecule has 0 spiro atoms. The van der Waals surface area contributed by atoms with E-state index in [0.29, 0.717) is 55.7 Å². The van der Waals surface area contributed by atoms with Gasteiger partial charge in [-0.2, -0.15) is 0 Å². The molecule has 0 aromatic carbocycles. The number of hydrogen-bond acceptors (Lipinski definition) is 18. The molecule has 0 aromatic heterocycles. The summed E-state index contributed by atoms with van der Waals surface area (Å²) in [6.07, 6.45) is 2.96. The van der Waals surface area contributed by atoms with Gasteiger partial charge in [0.05, 0.1) is 19.3 Å². The monoisotopic (exact) mass is 1320 g/mol. The molecule has 18 N–H and O–H groups in total. The molecule has 0 aliphatic carbocycles. The van der Waals surface area contributed by atoms with Crippen LogP contribution in [0.2, 0.25) is 0 Å². The zero-order valence-corrected chi connectivity index (χ0v) is 56.4. The van der Waals surface area contributed by atoms with Crippen molar-refractivity contribution in [3.05, 3.63) is 0 Å². The van der Waals surface area contributed by atoms with Gasteiger partial charge >= 0.3 is 6.03 Å². The fourth-order valence-electron chi connectivity index (χ4n) is 10.3. The number of aliphatic imine (C=N–C) groups is 1. The van der Waals surface area contributed by atoms with Crippen LogP contribution in [0.15, 0.2) is 4.99 Å². The molecule has 30 nitrogen and oxygen atoms in total. The Labute approximate surface area is 542 Å². The second kappa shape index (κ2) is 38.5. The summed E-state index contributed by atoms with van der Waals surface area (Å²) in [5.41, 5.74) is 16.8. The number of amides is 13. The predicted octanol–water partition coefficient (Wildman–Crippen LogP) is -1.46. The summed E-state index contributed by atoms with van der Waals surface area (Å²) in [5, 5.41) is 45.1. The number of imide groups is 1. The maximum Gasteiger partial charge on any atom is 0.324 e. The van der Waals surface area contributed by atoms with E-state index >= 15 is 9.59 Å². The number of guanidine groups is 1. The fraction of sp³-hybridized carbons (Fsp3) is 0.780. The van der Waals surface area contributed by atoms with Crippen LogP contribution >= 0.6 is 21.6 Å². The molecule has 3 saturated heterocycles. The molecule has 2 bridgehead atoms. The molecule has 32 heteroatoms. The average Bonchev–Trinajstić information content (AvgIpc) is 1.92. The Balaban J connectivity index is 2.41. The molecule has 0 aromatic rings. The molecule has 13 amide bonds. The number of nitrogens with one attached hydrogen (secondary N) is 10. The standard InChI is InChI=1S/C59H104N16O14S2/c1-12-16-26-75-56(88)40-23-20-27-74(40)55(87)37(28-59(9,10)11)66-48(81)38(29-76)67-46(79)36(22-19-25-64-57(61)62)65-47(80)39(30-77)68-53(86)54-73-51(84)42(32(6)14-3)69-45(78)35(60)21-17-18-24-63-49(82)41(31(5)13-2)70-52(85)44(34(8)90-91-54)71-50(83)43(33(7)15-4)72-58(75)89/h31-44,54,76-77H,12-30,60H2,1-11H3,(H,63,82)(H,65,80)(H,66,81)(H,67,79)(H,68,86)(H,69,78)(H,70,85)(H,71,83)(H,72,89)(H,73,84)(H4,61,62,64)/t31-,32-,33-,34?,35+,36-,37-,38-,39-,40-,41-,42-,43-,44-,54-/m0/s1. The Kier molecular flexibility index (Phi) is 33.3. The topological polar surface area (TPSA) is 462 Å². The van der Waals surface area contributed by atoms with Crippen LogP contribution in [-0.2, 0) is 52.7 Å². The van der Waals surface area contributed by atoms with E-state index in [1.807, 2.05) is 13.8 Å². The Morgan fingerprint density at radius 1 is 0.593 bits per heavy atom. The number of carbonyl (C=O) groups is 12. The zero-order valence-electron chi connectivity index (χ0n) is 54.8. The van der Waals surface area contributed by atoms with Gasteiger partial charge in [0.2, 0.25) is 53.2 Å². The lowest BCUT2D eigenvalue weighted by Gasteiger charge is -2.35. The number of rotatable bonds is 16. The maximum atomic E-state index is 15.1. The molecule has 15 atom stereocenters. The minimum atomic E-state index is -1.87. The molecule has 3 aliphatic heterocycles. The second-order valence-corrected chi connectivity index (χ2v) is 27.8. The summed E-state index contributed by atoms with van der Waals surface area (Å²) in [4.78, 5) is 181. The van der Waals surface area contributed by atoms with Gasteiger partial charge in [-0.15, -0.1) is 0 Å². The molecule has 3 aliphatic rings. The Hall–Kier alpha value is -6.51. The van der Waals surface area contributed by atoms with E-state index in [1.165, 1.54) is 11.8 Å². The van der Waals surface area contributed by atoms with Gasteiger partial charge in [-0.25, -0.2) is 4.79 Å². The summed E-state index contributed by atoms with van der Waals surface area (Å²) in [6.45, 7) is 17.1. The van der Waals surface area contributed by atoms with E-state index in [1.54, 1.807) is 55.4 Å². The van der Waals surface area contributed by atoms with Gasteiger partial charge in [0.15, 0.2) is 11.3 Å². The van der Waals surface area contributed by atoms with Gasteiger partial charge in [-0.1, -0.05) is 117 Å². The highest BCUT2D eigenvalue weighted by molar-refractivity contribution is 8.77. The maximum absolute atomic E-state index is 15.1. The second-order valence-electron chi connectivity index (χ2n) is 25.1. The number of fused-ring (bicyclic) bond motifs is 5. The quantitative estimate of drug-likeness (QED) is 0.0364. The van der Waals surface area contributed by atoms with Crippen molar-refractivity contribution >= 4 is 98.6 Å². The Bertz CT molecular complexity index is 2540. The van der Waals surface area contributed by atoms with Crippen LogP contribution in [0, 0.1) is 23.2 Å². The molecular weight excluding hydrogens is 1220 g/mol. The van der Waals surface area contributed by atoms with Gasteiger partial charge in [0.25, 0.3) is 11.8 Å². The van der Waals surface area contributed by atoms with Gasteiger partial charge in [0, 0.05) is 31.4 Å². The number of nitrogens with two attached hydrogens (primary N) is 3. The van der Waals surface area contributed by atoms with Gasteiger partial charge in [-0.05, 0) is 87.9 Å². The minimum Gasteiger partial charge on any atom is -0.394 e. The first kappa shape index (κ1) is 78.7. The minimum absolute atomic E-state index is 0.0149. The highest BCUT2D eigenvalue weighted by atomic mass is 33.1. The van der Waals surface area contributed by atoms with Crippen molar-refractivity contribution in [1.29, 1.82) is 0 Å². The molecule has 0 saturated carbocycles. The first-order valence-electron chi connectivity index (χ1n) is 31.9. The van der Waals surface area contributed by atoms with Crippen molar-refractivity contribution in [2.75, 3.05) is 39.4 Å². The fourth-order valence-corrected chi connectivity index (χ4v) is 12.8. The average molecular weight is 1330 g/mol. The van der Waals surface area contributed by atoms with Crippen LogP contribution in [-0.4, -0.2) is 207 Å². The SMILES string of the molecule is CCCCN1C(=O)N[C@@H]([C@@H](C)CC)C(=O)N[C@@H]2C(=O)N[C@@H]([C@@H](C)CC)C(=O)NCCCC[C@@H](N)C(=O)N[C@@H]([C@@H](C)CC)C(=O)N[C@@H](SSC2C)C(=O)N[C@@H](CO)C(=O)N[C@@H](CCCN=C(N)N)C(=O)N[C@@H](CO)C(=O)N[C@@H](CC(C)(C)C)C(=O)N2CCC[C@H]2C1=O. The lowest BCUT2D eigenvalue weighted by atomic mass is 9.87. The van der Waals surface area contributed by atoms with Crippen LogP contribution in [0.25, 0.3) is 0 Å². The van der Waals surface area contributed by atoms with E-state index in [9.17, 15) is 58.2 Å². The van der Waals surface area contributed by atoms with E-state index < -0.39 is 178 Å². The third-order valence-electron chi connectivity index (χ3n) is 16.5. The number of urea groups is 1. The third-order valence-corrected chi connectivity index (χ3v) is 19.5. The molecule has 3 rings (SSSR count). The first-order valence-corrected chi connectivity index (χ1v) is 34.1. The van der Waals surface area contributed by atoms with Gasteiger partial charge < -0.3 is 85.5 Å². The van der Waals surface area contributed by atoms with Crippen molar-refractivity contribution in [2.24, 2.45) is 45.4 Å². The number of aliphatic hydroxyl groups excluding tert-OH is 2. The molecule has 3 heterocycles. The summed E-state index contributed by atoms with van der Waals surface area (Å²) in [6, 6.07) is -15.4. The lowest BCUT2D eigenvalue weighted by Crippen LogP contribution is -2.62. The third kappa shape index (κ3) is 24.5. The van der Waals surface area contributed by atoms with Crippen LogP contribution < -0.4 is 70.4 Å². The van der Waals surface area contributed by atoms with Crippen LogP contribution in [0.3, 0.4) is 0 Å². The number of carbonyl (C=O) groups excluding carboxylic acids is 12. The Morgan fingerprint density at radius 3 is 1.68 bits per heavy atom. The van der Waals surface area contributed by atoms with Crippen molar-refractivity contribution in [2.45, 2.75) is 231 Å². The summed E-state index contributed by atoms with van der Waals surface area (Å²) in [5.74, 6) is -11.6. The molecule has 3 fully saturated rings. The largest absolute Gasteiger partial charge is 0.394 e. The first-order chi connectivity index (χ1) is 42.9. The highest BCUT2D eigenvalue weighted by Crippen LogP contribution is 2.33. The van der Waals surface area contributed by atoms with Crippen molar-refractivity contribution < 1.29 is 67.7 Å². The van der Waals surface area contributed by atoms with E-state index in [-0.39, 0.29) is 70.7 Å². The van der Waals surface area contributed by atoms with Crippen molar-refractivity contribution in [1.82, 2.24) is 63.0 Å². The molecule has 0 radical (unpaired) electrons. The Morgan fingerprint density at radius 2 is 1.12 bits per heavy atom. The van der Waals surface area contributed by atoms with Crippen LogP contribution in [0.4, 0.5) is 4.79 Å². The van der Waals surface area contributed by atoms with Gasteiger partial charge in [-0.3, -0.25) is 62.6 Å². The zero-order chi connectivity index (χ0) is 68.4. The van der Waals surface area contributed by atoms with E-state index in [0.717, 1.165) is 15.7 Å². The van der Waals surface area contributed by atoms with E-state index in [4.69, 9.17) is 17.2 Å². The number of hydrogen-bond donors (Lipinski definition) is 15. The van der Waals surface area contributed by atoms with Crippen molar-refractivity contribution in [3.63, 3.8) is 0 Å². The smallest absolute Gasteiger partial charge is 0.324 e. The highest BCUT2D eigenvalue weighted by Gasteiger charge is 2.45. The van der Waals surface area contributed by atoms with Crippen LogP contribution in [0.1, 0.15) is 160 Å². The summed E-state index contributed by atoms with van der Waals surface area (Å²) in [7, 11) is 1.45. The molecule has 1 unspecified atom stereocenters. The summed E-state index contributed by atoms with van der Waals surface area (Å²) >= 11 is 0. The number of unbranched alkanes of at least 4 members (excludes halogenated alkanes) is 1. The van der Waals surface area contributed by atoms with Crippen molar-refractivity contribution in [3.8, 4) is 0 Å². The normalized spacial score (nSPS) is 28.9. The lowest BCUT2D eigenvalue weighted by molar-refractivity contribution is -0.145. The molecular formula is C59H104N16O14S2. The summed E-state index contributed by atoms with van der Waals surface area (Å²) < 4.78 is 0. The van der Waals surface area contributed by atoms with Crippen LogP contribution in [0.5, 0.6) is 0 Å². The molecule has 91 heavy (non-hydrogen) atoms. The van der Waals surface area contributed by atoms with Gasteiger partial charge in [0.1, 0.15) is 54.4 Å². The van der Waals surface area contributed by atoms with E-state index in [2.05, 4.69) is 58.2 Å². The number of nitrogens with zero attached hydrogens (tertiary/aromatic N) is 3.